The van der Waals surface area contributed by atoms with E-state index in [1.54, 1.807) is 44.4 Å². The molecule has 2 aliphatic rings. The summed E-state index contributed by atoms with van der Waals surface area (Å²) in [7, 11) is 3.27. The lowest BCUT2D eigenvalue weighted by Crippen LogP contribution is -2.52. The summed E-state index contributed by atoms with van der Waals surface area (Å²) in [5.74, 6) is -0.803. The molecule has 2 saturated heterocycles. The van der Waals surface area contributed by atoms with Crippen LogP contribution in [0.1, 0.15) is 65.9 Å². The van der Waals surface area contributed by atoms with Gasteiger partial charge in [-0.2, -0.15) is 0 Å². The van der Waals surface area contributed by atoms with E-state index in [1.165, 1.54) is 4.90 Å². The van der Waals surface area contributed by atoms with Crippen molar-refractivity contribution in [3.8, 4) is 0 Å². The molecule has 0 unspecified atom stereocenters. The second kappa shape index (κ2) is 16.1. The summed E-state index contributed by atoms with van der Waals surface area (Å²) in [4.78, 5) is 44.3. The molecule has 0 aliphatic carbocycles. The van der Waals surface area contributed by atoms with Crippen molar-refractivity contribution in [2.45, 2.75) is 57.4 Å². The summed E-state index contributed by atoms with van der Waals surface area (Å²) in [5.41, 5.74) is 2.61. The van der Waals surface area contributed by atoms with Crippen LogP contribution < -0.4 is 5.32 Å². The van der Waals surface area contributed by atoms with Crippen molar-refractivity contribution in [2.24, 2.45) is 11.1 Å². The zero-order valence-corrected chi connectivity index (χ0v) is 28.3. The smallest absolute Gasteiger partial charge is 0.253 e. The van der Waals surface area contributed by atoms with Crippen LogP contribution >= 0.6 is 34.8 Å². The molecule has 9 nitrogen and oxygen atoms in total. The quantitative estimate of drug-likeness (QED) is 0.176. The van der Waals surface area contributed by atoms with Crippen LogP contribution in [0.4, 0.5) is 0 Å². The van der Waals surface area contributed by atoms with Crippen molar-refractivity contribution in [1.29, 1.82) is 0 Å². The highest BCUT2D eigenvalue weighted by atomic mass is 35.5. The molecule has 2 atom stereocenters. The van der Waals surface area contributed by atoms with Gasteiger partial charge < -0.3 is 25.2 Å². The Morgan fingerprint density at radius 1 is 1.07 bits per heavy atom. The largest absolute Gasteiger partial charge is 0.411 e. The first kappa shape index (κ1) is 35.0. The number of hydrogen-bond donors (Lipinski definition) is 2. The number of halogens is 3. The first-order valence-corrected chi connectivity index (χ1v) is 16.6. The number of carbonyl (C=O) groups excluding carboxylic acids is 3. The molecule has 12 heteroatoms. The van der Waals surface area contributed by atoms with E-state index in [0.717, 1.165) is 63.0 Å². The van der Waals surface area contributed by atoms with E-state index in [9.17, 15) is 19.6 Å². The molecule has 2 aromatic carbocycles. The van der Waals surface area contributed by atoms with E-state index in [0.29, 0.717) is 32.8 Å². The highest BCUT2D eigenvalue weighted by molar-refractivity contribution is 6.42. The Labute approximate surface area is 280 Å². The third-order valence-corrected chi connectivity index (χ3v) is 9.90. The fraction of sp³-hybridized carbons (Fsp3) is 0.515. The second-order valence-electron chi connectivity index (χ2n) is 12.1. The average molecular weight is 679 g/mol. The van der Waals surface area contributed by atoms with Gasteiger partial charge in [-0.15, -0.1) is 0 Å². The lowest BCUT2D eigenvalue weighted by molar-refractivity contribution is -0.144. The predicted octanol–water partition coefficient (Wildman–Crippen LogP) is 5.87. The van der Waals surface area contributed by atoms with Gasteiger partial charge in [0.1, 0.15) is 0 Å². The lowest BCUT2D eigenvalue weighted by Gasteiger charge is -2.42. The maximum atomic E-state index is 13.3. The van der Waals surface area contributed by atoms with Crippen LogP contribution in [0, 0.1) is 12.8 Å². The van der Waals surface area contributed by atoms with Crippen molar-refractivity contribution in [1.82, 2.24) is 20.0 Å². The number of nitrogens with one attached hydrogen (secondary N) is 1. The van der Waals surface area contributed by atoms with Crippen LogP contribution in [0.3, 0.4) is 0 Å². The molecule has 0 bridgehead atoms. The molecule has 2 N–H and O–H groups in total. The van der Waals surface area contributed by atoms with Gasteiger partial charge in [0.25, 0.3) is 5.91 Å². The van der Waals surface area contributed by atoms with Crippen molar-refractivity contribution < 1.29 is 19.6 Å². The van der Waals surface area contributed by atoms with Crippen LogP contribution in [-0.4, -0.2) is 96.2 Å². The number of rotatable bonds is 11. The van der Waals surface area contributed by atoms with E-state index >= 15 is 0 Å². The minimum atomic E-state index is -0.326. The maximum absolute atomic E-state index is 13.3. The molecule has 4 rings (SSSR count). The van der Waals surface area contributed by atoms with Crippen molar-refractivity contribution in [2.75, 3.05) is 46.8 Å². The van der Waals surface area contributed by atoms with E-state index in [4.69, 9.17) is 34.8 Å². The molecule has 244 valence electrons. The van der Waals surface area contributed by atoms with E-state index in [1.807, 2.05) is 17.9 Å². The standard InChI is InChI=1S/C33H42Cl3N5O4/c1-21-15-24(17-25(34)16-21)32(43)39(3)20-30(38-45)27(22-6-7-28(35)29(36)18-22)10-14-40-12-8-26(9-13-40)41-11-4-5-23(33(41)44)19-31(42)37-2/h6-7,15-18,23,26-27,45H,4-5,8-14,19-20H2,1-3H3,(H,37,42)/b38-30+/t23-,27+/m1/s1. The van der Waals surface area contributed by atoms with Crippen LogP contribution in [0.5, 0.6) is 0 Å². The molecule has 2 aromatic rings. The first-order chi connectivity index (χ1) is 21.5. The third kappa shape index (κ3) is 9.12. The Morgan fingerprint density at radius 3 is 2.44 bits per heavy atom. The van der Waals surface area contributed by atoms with Gasteiger partial charge in [-0.3, -0.25) is 14.4 Å². The Kier molecular flexibility index (Phi) is 12.5. The van der Waals surface area contributed by atoms with Crippen molar-refractivity contribution in [3.05, 3.63) is 68.2 Å². The summed E-state index contributed by atoms with van der Waals surface area (Å²) in [6.45, 7) is 5.07. The zero-order valence-electron chi connectivity index (χ0n) is 26.1. The molecule has 0 radical (unpaired) electrons. The van der Waals surface area contributed by atoms with Gasteiger partial charge >= 0.3 is 0 Å². The van der Waals surface area contributed by atoms with Crippen LogP contribution in [0.2, 0.25) is 15.1 Å². The number of likely N-dealkylation sites (tertiary alicyclic amines) is 2. The lowest BCUT2D eigenvalue weighted by atomic mass is 9.89. The van der Waals surface area contributed by atoms with Gasteiger partial charge in [0.05, 0.1) is 22.3 Å². The minimum Gasteiger partial charge on any atom is -0.411 e. The molecule has 2 aliphatic heterocycles. The monoisotopic (exact) mass is 677 g/mol. The number of oxime groups is 1. The molecule has 45 heavy (non-hydrogen) atoms. The van der Waals surface area contributed by atoms with E-state index < -0.39 is 0 Å². The van der Waals surface area contributed by atoms with Crippen LogP contribution in [0.25, 0.3) is 0 Å². The molecule has 3 amide bonds. The number of benzene rings is 2. The molecule has 2 fully saturated rings. The van der Waals surface area contributed by atoms with Gasteiger partial charge in [0.2, 0.25) is 11.8 Å². The number of nitrogens with zero attached hydrogens (tertiary/aromatic N) is 4. The molecule has 0 saturated carbocycles. The highest BCUT2D eigenvalue weighted by Gasteiger charge is 2.36. The Balaban J connectivity index is 1.42. The van der Waals surface area contributed by atoms with Crippen molar-refractivity contribution >= 4 is 58.2 Å². The Hall–Kier alpha value is -2.85. The Morgan fingerprint density at radius 2 is 1.80 bits per heavy atom. The SMILES string of the molecule is CNC(=O)C[C@H]1CCCN(C2CCN(CC[C@H](/C(CN(C)C(=O)c3cc(C)cc(Cl)c3)=N/O)c3ccc(Cl)c(Cl)c3)CC2)C1=O. The normalized spacial score (nSPS) is 19.0. The van der Waals surface area contributed by atoms with Gasteiger partial charge in [0.15, 0.2) is 0 Å². The molecular weight excluding hydrogens is 637 g/mol. The van der Waals surface area contributed by atoms with Crippen LogP contribution in [-0.2, 0) is 9.59 Å². The summed E-state index contributed by atoms with van der Waals surface area (Å²) in [5, 5.41) is 17.8. The van der Waals surface area contributed by atoms with Gasteiger partial charge in [-0.05, 0) is 87.0 Å². The third-order valence-electron chi connectivity index (χ3n) is 8.94. The number of piperidine rings is 2. The van der Waals surface area contributed by atoms with Gasteiger partial charge in [-0.1, -0.05) is 46.0 Å². The molecule has 0 aromatic heterocycles. The topological polar surface area (TPSA) is 106 Å². The number of aryl methyl sites for hydroxylation is 1. The number of amides is 3. The average Bonchev–Trinajstić information content (AvgIpc) is 3.02. The second-order valence-corrected chi connectivity index (χ2v) is 13.4. The molecule has 2 heterocycles. The highest BCUT2D eigenvalue weighted by Crippen LogP contribution is 2.31. The minimum absolute atomic E-state index is 0.0949. The van der Waals surface area contributed by atoms with Crippen molar-refractivity contribution in [3.63, 3.8) is 0 Å². The molecule has 0 spiro atoms. The fourth-order valence-corrected chi connectivity index (χ4v) is 7.08. The summed E-state index contributed by atoms with van der Waals surface area (Å²) in [6, 6.07) is 10.7. The summed E-state index contributed by atoms with van der Waals surface area (Å²) in [6.07, 6.45) is 4.24. The predicted molar refractivity (Wildman–Crippen MR) is 179 cm³/mol. The molecular formula is C33H42Cl3N5O4. The first-order valence-electron chi connectivity index (χ1n) is 15.4. The fourth-order valence-electron chi connectivity index (χ4n) is 6.48. The number of carbonyl (C=O) groups is 3. The number of hydrogen-bond acceptors (Lipinski definition) is 6. The van der Waals surface area contributed by atoms with E-state index in [-0.39, 0.29) is 48.6 Å². The maximum Gasteiger partial charge on any atom is 0.253 e. The van der Waals surface area contributed by atoms with Crippen LogP contribution in [0.15, 0.2) is 41.6 Å². The zero-order chi connectivity index (χ0) is 32.7. The Bertz CT molecular complexity index is 1390. The summed E-state index contributed by atoms with van der Waals surface area (Å²) < 4.78 is 0. The summed E-state index contributed by atoms with van der Waals surface area (Å²) >= 11 is 18.8. The van der Waals surface area contributed by atoms with Gasteiger partial charge in [-0.25, -0.2) is 0 Å². The van der Waals surface area contributed by atoms with Gasteiger partial charge in [0, 0.05) is 68.6 Å². The van der Waals surface area contributed by atoms with E-state index in [2.05, 4.69) is 15.4 Å².